The number of benzene rings is 1. The van der Waals surface area contributed by atoms with Gasteiger partial charge in [0.25, 0.3) is 0 Å². The Morgan fingerprint density at radius 1 is 1.30 bits per heavy atom. The van der Waals surface area contributed by atoms with Gasteiger partial charge in [-0.3, -0.25) is 0 Å². The van der Waals surface area contributed by atoms with Crippen LogP contribution in [0.3, 0.4) is 0 Å². The number of hydrogen-bond donors (Lipinski definition) is 2. The van der Waals surface area contributed by atoms with Crippen LogP contribution in [-0.4, -0.2) is 41.8 Å². The van der Waals surface area contributed by atoms with Crippen molar-refractivity contribution in [3.63, 3.8) is 0 Å². The second-order valence-electron chi connectivity index (χ2n) is 7.19. The van der Waals surface area contributed by atoms with E-state index in [0.29, 0.717) is 6.54 Å². The second kappa shape index (κ2) is 7.82. The number of urea groups is 1. The Hall–Kier alpha value is -1.55. The number of hydrogen-bond acceptors (Lipinski definition) is 2. The monoisotopic (exact) mass is 318 g/mol. The minimum Gasteiger partial charge on any atom is -0.393 e. The van der Waals surface area contributed by atoms with Crippen LogP contribution in [0.1, 0.15) is 42.9 Å². The molecule has 0 spiro atoms. The van der Waals surface area contributed by atoms with E-state index in [4.69, 9.17) is 0 Å². The van der Waals surface area contributed by atoms with E-state index >= 15 is 0 Å². The highest BCUT2D eigenvalue weighted by atomic mass is 16.3. The first-order valence-electron chi connectivity index (χ1n) is 8.62. The summed E-state index contributed by atoms with van der Waals surface area (Å²) in [7, 11) is 1.81. The molecule has 0 heterocycles. The van der Waals surface area contributed by atoms with Crippen LogP contribution < -0.4 is 5.32 Å². The van der Waals surface area contributed by atoms with E-state index in [9.17, 15) is 9.90 Å². The zero-order valence-electron chi connectivity index (χ0n) is 14.8. The van der Waals surface area contributed by atoms with Gasteiger partial charge in [-0.2, -0.15) is 0 Å². The fraction of sp³-hybridized carbons (Fsp3) is 0.632. The summed E-state index contributed by atoms with van der Waals surface area (Å²) in [5, 5.41) is 13.0. The molecule has 0 radical (unpaired) electrons. The number of aliphatic hydroxyl groups is 1. The van der Waals surface area contributed by atoms with E-state index in [-0.39, 0.29) is 24.1 Å². The van der Waals surface area contributed by atoms with Crippen LogP contribution in [0.25, 0.3) is 0 Å². The standard InChI is InChI=1S/C19H30N2O2/c1-13-8-14(2)10-16(9-13)11-15(3)20-19(23)21(4)12-17-6-5-7-18(17)22/h8-10,15,17-18,22H,5-7,11-12H2,1-4H3,(H,20,23). The molecule has 3 unspecified atom stereocenters. The zero-order valence-corrected chi connectivity index (χ0v) is 14.8. The fourth-order valence-electron chi connectivity index (χ4n) is 3.58. The lowest BCUT2D eigenvalue weighted by Gasteiger charge is -2.25. The predicted octanol–water partition coefficient (Wildman–Crippen LogP) is 3.04. The molecule has 0 aromatic heterocycles. The molecule has 4 nitrogen and oxygen atoms in total. The lowest BCUT2D eigenvalue weighted by atomic mass is 10.0. The molecule has 2 amide bonds. The van der Waals surface area contributed by atoms with Crippen LogP contribution in [0, 0.1) is 19.8 Å². The van der Waals surface area contributed by atoms with Crippen molar-refractivity contribution >= 4 is 6.03 Å². The van der Waals surface area contributed by atoms with E-state index in [1.807, 2.05) is 14.0 Å². The van der Waals surface area contributed by atoms with Crippen molar-refractivity contribution in [3.8, 4) is 0 Å². The van der Waals surface area contributed by atoms with Crippen molar-refractivity contribution in [2.75, 3.05) is 13.6 Å². The minimum atomic E-state index is -0.252. The molecule has 1 aromatic rings. The van der Waals surface area contributed by atoms with Gasteiger partial charge in [0.1, 0.15) is 0 Å². The minimum absolute atomic E-state index is 0.0547. The lowest BCUT2D eigenvalue weighted by molar-refractivity contribution is 0.113. The zero-order chi connectivity index (χ0) is 17.0. The van der Waals surface area contributed by atoms with Crippen LogP contribution in [0.4, 0.5) is 4.79 Å². The van der Waals surface area contributed by atoms with Gasteiger partial charge in [-0.25, -0.2) is 4.79 Å². The van der Waals surface area contributed by atoms with Gasteiger partial charge in [0.05, 0.1) is 6.10 Å². The quantitative estimate of drug-likeness (QED) is 0.877. The summed E-state index contributed by atoms with van der Waals surface area (Å²) in [5.41, 5.74) is 3.76. The van der Waals surface area contributed by atoms with Gasteiger partial charge in [0.15, 0.2) is 0 Å². The Morgan fingerprint density at radius 2 is 1.96 bits per heavy atom. The van der Waals surface area contributed by atoms with E-state index < -0.39 is 0 Å². The maximum Gasteiger partial charge on any atom is 0.317 e. The highest BCUT2D eigenvalue weighted by Gasteiger charge is 2.27. The molecule has 1 saturated carbocycles. The topological polar surface area (TPSA) is 52.6 Å². The van der Waals surface area contributed by atoms with Crippen molar-refractivity contribution in [2.24, 2.45) is 5.92 Å². The molecular formula is C19H30N2O2. The SMILES string of the molecule is Cc1cc(C)cc(CC(C)NC(=O)N(C)CC2CCCC2O)c1. The summed E-state index contributed by atoms with van der Waals surface area (Å²) in [5.74, 6) is 0.223. The van der Waals surface area contributed by atoms with Crippen LogP contribution in [0.15, 0.2) is 18.2 Å². The van der Waals surface area contributed by atoms with Crippen molar-refractivity contribution in [2.45, 2.75) is 58.6 Å². The molecule has 4 heteroatoms. The first-order chi connectivity index (χ1) is 10.8. The summed E-state index contributed by atoms with van der Waals surface area (Å²) >= 11 is 0. The third-order valence-electron chi connectivity index (χ3n) is 4.67. The molecule has 128 valence electrons. The molecule has 23 heavy (non-hydrogen) atoms. The van der Waals surface area contributed by atoms with Crippen molar-refractivity contribution in [3.05, 3.63) is 34.9 Å². The van der Waals surface area contributed by atoms with Crippen LogP contribution >= 0.6 is 0 Å². The lowest BCUT2D eigenvalue weighted by Crippen LogP contribution is -2.45. The van der Waals surface area contributed by atoms with Gasteiger partial charge >= 0.3 is 6.03 Å². The molecule has 0 bridgehead atoms. The number of nitrogens with zero attached hydrogens (tertiary/aromatic N) is 1. The molecule has 1 fully saturated rings. The third-order valence-corrected chi connectivity index (χ3v) is 4.67. The van der Waals surface area contributed by atoms with Gasteiger partial charge in [-0.15, -0.1) is 0 Å². The summed E-state index contributed by atoms with van der Waals surface area (Å²) in [6.45, 7) is 6.86. The molecule has 1 aromatic carbocycles. The fourth-order valence-corrected chi connectivity index (χ4v) is 3.58. The molecule has 2 rings (SSSR count). The predicted molar refractivity (Wildman–Crippen MR) is 93.6 cm³/mol. The summed E-state index contributed by atoms with van der Waals surface area (Å²) in [4.78, 5) is 14.0. The van der Waals surface area contributed by atoms with Gasteiger partial charge in [0.2, 0.25) is 0 Å². The van der Waals surface area contributed by atoms with Crippen LogP contribution in [0.2, 0.25) is 0 Å². The number of nitrogens with one attached hydrogen (secondary N) is 1. The third kappa shape index (κ3) is 5.24. The van der Waals surface area contributed by atoms with E-state index in [2.05, 4.69) is 37.4 Å². The van der Waals surface area contributed by atoms with Gasteiger partial charge in [-0.05, 0) is 45.6 Å². The molecule has 0 aliphatic heterocycles. The Balaban J connectivity index is 1.83. The van der Waals surface area contributed by atoms with E-state index in [0.717, 1.165) is 25.7 Å². The molecule has 1 aliphatic rings. The molecule has 0 saturated heterocycles. The highest BCUT2D eigenvalue weighted by molar-refractivity contribution is 5.74. The Morgan fingerprint density at radius 3 is 2.52 bits per heavy atom. The average Bonchev–Trinajstić information content (AvgIpc) is 2.82. The Bertz CT molecular complexity index is 524. The molecule has 1 aliphatic carbocycles. The number of carbonyl (C=O) groups excluding carboxylic acids is 1. The summed E-state index contributed by atoms with van der Waals surface area (Å²) < 4.78 is 0. The van der Waals surface area contributed by atoms with Crippen LogP contribution in [0.5, 0.6) is 0 Å². The van der Waals surface area contributed by atoms with Crippen molar-refractivity contribution in [1.82, 2.24) is 10.2 Å². The van der Waals surface area contributed by atoms with Crippen molar-refractivity contribution in [1.29, 1.82) is 0 Å². The van der Waals surface area contributed by atoms with E-state index in [1.165, 1.54) is 16.7 Å². The average molecular weight is 318 g/mol. The largest absolute Gasteiger partial charge is 0.393 e. The van der Waals surface area contributed by atoms with E-state index in [1.54, 1.807) is 4.90 Å². The van der Waals surface area contributed by atoms with Gasteiger partial charge in [-0.1, -0.05) is 35.7 Å². The molecule has 2 N–H and O–H groups in total. The number of carbonyl (C=O) groups is 1. The normalized spacial score (nSPS) is 22.0. The van der Waals surface area contributed by atoms with Crippen molar-refractivity contribution < 1.29 is 9.90 Å². The Labute approximate surface area is 139 Å². The first kappa shape index (κ1) is 17.8. The molecule has 3 atom stereocenters. The highest BCUT2D eigenvalue weighted by Crippen LogP contribution is 2.25. The second-order valence-corrected chi connectivity index (χ2v) is 7.19. The first-order valence-corrected chi connectivity index (χ1v) is 8.62. The molecular weight excluding hydrogens is 288 g/mol. The summed E-state index contributed by atoms with van der Waals surface area (Å²) in [6.07, 6.45) is 3.51. The Kier molecular flexibility index (Phi) is 6.05. The maximum absolute atomic E-state index is 12.3. The number of rotatable bonds is 5. The number of aryl methyl sites for hydroxylation is 2. The smallest absolute Gasteiger partial charge is 0.317 e. The number of aliphatic hydroxyl groups excluding tert-OH is 1. The van der Waals surface area contributed by atoms with Gasteiger partial charge in [0, 0.05) is 25.6 Å². The summed E-state index contributed by atoms with van der Waals surface area (Å²) in [6, 6.07) is 6.54. The van der Waals surface area contributed by atoms with Crippen LogP contribution in [-0.2, 0) is 6.42 Å². The van der Waals surface area contributed by atoms with Gasteiger partial charge < -0.3 is 15.3 Å². The maximum atomic E-state index is 12.3. The number of amides is 2.